The number of ether oxygens (including phenoxy) is 1. The first-order valence-electron chi connectivity index (χ1n) is 6.69. The van der Waals surface area contributed by atoms with Crippen LogP contribution >= 0.6 is 15.9 Å². The van der Waals surface area contributed by atoms with E-state index in [0.717, 1.165) is 21.3 Å². The van der Waals surface area contributed by atoms with Crippen LogP contribution in [0.1, 0.15) is 11.1 Å². The summed E-state index contributed by atoms with van der Waals surface area (Å²) in [5.41, 5.74) is 8.55. The lowest BCUT2D eigenvalue weighted by Gasteiger charge is -2.09. The zero-order valence-corrected chi connectivity index (χ0v) is 13.5. The van der Waals surface area contributed by atoms with Crippen LogP contribution in [0.15, 0.2) is 51.4 Å². The number of benzene rings is 2. The Bertz CT molecular complexity index is 784. The minimum absolute atomic E-state index is 0.0471. The van der Waals surface area contributed by atoms with Crippen molar-refractivity contribution in [3.63, 3.8) is 0 Å². The van der Waals surface area contributed by atoms with E-state index in [2.05, 4.69) is 57.3 Å². The van der Waals surface area contributed by atoms with Crippen LogP contribution in [0.25, 0.3) is 11.5 Å². The van der Waals surface area contributed by atoms with E-state index < -0.39 is 0 Å². The van der Waals surface area contributed by atoms with Gasteiger partial charge < -0.3 is 14.9 Å². The lowest BCUT2D eigenvalue weighted by molar-refractivity contribution is 0.304. The van der Waals surface area contributed by atoms with E-state index >= 15 is 0 Å². The average molecular weight is 360 g/mol. The minimum Gasteiger partial charge on any atom is -0.488 e. The fourth-order valence-electron chi connectivity index (χ4n) is 1.95. The molecule has 0 spiro atoms. The Labute approximate surface area is 136 Å². The molecule has 112 valence electrons. The van der Waals surface area contributed by atoms with Gasteiger partial charge in [-0.25, -0.2) is 0 Å². The van der Waals surface area contributed by atoms with Gasteiger partial charge in [-0.15, -0.1) is 5.10 Å². The maximum atomic E-state index is 5.82. The second kappa shape index (κ2) is 6.19. The summed E-state index contributed by atoms with van der Waals surface area (Å²) in [5, 5.41) is 7.50. The largest absolute Gasteiger partial charge is 0.488 e. The molecular weight excluding hydrogens is 346 g/mol. The molecular formula is C16H14BrN3O2. The van der Waals surface area contributed by atoms with Gasteiger partial charge in [0, 0.05) is 5.56 Å². The fraction of sp³-hybridized carbons (Fsp3) is 0.125. The van der Waals surface area contributed by atoms with E-state index in [1.165, 1.54) is 5.56 Å². The number of halogens is 1. The Hall–Kier alpha value is -2.34. The third-order valence-electron chi connectivity index (χ3n) is 3.13. The minimum atomic E-state index is 0.0471. The average Bonchev–Trinajstić information content (AvgIpc) is 2.94. The molecule has 0 aliphatic rings. The van der Waals surface area contributed by atoms with Crippen molar-refractivity contribution in [2.75, 3.05) is 5.73 Å². The van der Waals surface area contributed by atoms with Crippen molar-refractivity contribution in [3.8, 4) is 17.2 Å². The Balaban J connectivity index is 1.73. The van der Waals surface area contributed by atoms with Crippen LogP contribution in [0.2, 0.25) is 0 Å². The van der Waals surface area contributed by atoms with E-state index in [-0.39, 0.29) is 6.01 Å². The van der Waals surface area contributed by atoms with E-state index in [1.54, 1.807) is 0 Å². The number of hydrogen-bond donors (Lipinski definition) is 1. The quantitative estimate of drug-likeness (QED) is 0.762. The van der Waals surface area contributed by atoms with Gasteiger partial charge in [0.1, 0.15) is 12.4 Å². The van der Waals surface area contributed by atoms with Crippen LogP contribution in [-0.2, 0) is 6.61 Å². The van der Waals surface area contributed by atoms with Gasteiger partial charge in [-0.2, -0.15) is 0 Å². The maximum absolute atomic E-state index is 5.82. The zero-order chi connectivity index (χ0) is 15.5. The number of hydrogen-bond acceptors (Lipinski definition) is 5. The number of anilines is 1. The van der Waals surface area contributed by atoms with Crippen LogP contribution < -0.4 is 10.5 Å². The van der Waals surface area contributed by atoms with Crippen molar-refractivity contribution in [1.29, 1.82) is 0 Å². The predicted molar refractivity (Wildman–Crippen MR) is 87.4 cm³/mol. The summed E-state index contributed by atoms with van der Waals surface area (Å²) in [6.07, 6.45) is 0. The Morgan fingerprint density at radius 3 is 2.55 bits per heavy atom. The number of aryl methyl sites for hydroxylation is 1. The van der Waals surface area contributed by atoms with E-state index in [0.29, 0.717) is 12.5 Å². The lowest BCUT2D eigenvalue weighted by atomic mass is 10.2. The van der Waals surface area contributed by atoms with Gasteiger partial charge in [-0.05, 0) is 46.6 Å². The third kappa shape index (κ3) is 3.28. The number of nitrogens with zero attached hydrogens (tertiary/aromatic N) is 2. The molecule has 0 atom stereocenters. The fourth-order valence-corrected chi connectivity index (χ4v) is 2.44. The Morgan fingerprint density at radius 1 is 1.14 bits per heavy atom. The van der Waals surface area contributed by atoms with Gasteiger partial charge in [0.25, 0.3) is 0 Å². The first-order valence-corrected chi connectivity index (χ1v) is 7.48. The molecule has 0 aliphatic heterocycles. The smallest absolute Gasteiger partial charge is 0.313 e. The highest BCUT2D eigenvalue weighted by Crippen LogP contribution is 2.31. The number of rotatable bonds is 4. The van der Waals surface area contributed by atoms with Gasteiger partial charge in [-0.3, -0.25) is 0 Å². The van der Waals surface area contributed by atoms with Gasteiger partial charge in [0.05, 0.1) is 4.47 Å². The molecule has 1 aromatic heterocycles. The standard InChI is InChI=1S/C16H14BrN3O2/c1-10-2-4-11(5-3-10)9-21-14-7-6-12(8-13(14)17)15-19-20-16(18)22-15/h2-8H,9H2,1H3,(H2,18,20). The molecule has 22 heavy (non-hydrogen) atoms. The summed E-state index contributed by atoms with van der Waals surface area (Å²) in [6.45, 7) is 2.57. The number of nitrogens with two attached hydrogens (primary N) is 1. The predicted octanol–water partition coefficient (Wildman–Crippen LogP) is 3.97. The molecule has 2 N–H and O–H groups in total. The molecule has 6 heteroatoms. The van der Waals surface area contributed by atoms with Crippen molar-refractivity contribution in [3.05, 3.63) is 58.1 Å². The molecule has 0 bridgehead atoms. The van der Waals surface area contributed by atoms with Gasteiger partial charge in [-0.1, -0.05) is 34.9 Å². The summed E-state index contributed by atoms with van der Waals surface area (Å²) in [6, 6.07) is 13.9. The summed E-state index contributed by atoms with van der Waals surface area (Å²) < 4.78 is 11.8. The molecule has 0 amide bonds. The molecule has 0 aliphatic carbocycles. The molecule has 0 radical (unpaired) electrons. The van der Waals surface area contributed by atoms with Crippen LogP contribution in [0.3, 0.4) is 0 Å². The highest BCUT2D eigenvalue weighted by Gasteiger charge is 2.09. The molecule has 1 heterocycles. The van der Waals surface area contributed by atoms with Gasteiger partial charge in [0.15, 0.2) is 0 Å². The Kier molecular flexibility index (Phi) is 4.11. The highest BCUT2D eigenvalue weighted by molar-refractivity contribution is 9.10. The molecule has 3 rings (SSSR count). The molecule has 0 saturated heterocycles. The SMILES string of the molecule is Cc1ccc(COc2ccc(-c3nnc(N)o3)cc2Br)cc1. The van der Waals surface area contributed by atoms with Crippen molar-refractivity contribution in [2.24, 2.45) is 0 Å². The zero-order valence-electron chi connectivity index (χ0n) is 11.9. The van der Waals surface area contributed by atoms with Gasteiger partial charge >= 0.3 is 6.01 Å². The first kappa shape index (κ1) is 14.6. The van der Waals surface area contributed by atoms with Crippen LogP contribution in [-0.4, -0.2) is 10.2 Å². The van der Waals surface area contributed by atoms with Crippen molar-refractivity contribution < 1.29 is 9.15 Å². The topological polar surface area (TPSA) is 74.2 Å². The highest BCUT2D eigenvalue weighted by atomic mass is 79.9. The second-order valence-corrected chi connectivity index (χ2v) is 5.72. The molecule has 0 unspecified atom stereocenters. The van der Waals surface area contributed by atoms with Crippen LogP contribution in [0.5, 0.6) is 5.75 Å². The summed E-state index contributed by atoms with van der Waals surface area (Å²) in [7, 11) is 0. The Morgan fingerprint density at radius 2 is 1.91 bits per heavy atom. The number of aromatic nitrogens is 2. The number of nitrogen functional groups attached to an aromatic ring is 1. The molecule has 0 saturated carbocycles. The monoisotopic (exact) mass is 359 g/mol. The molecule has 0 fully saturated rings. The van der Waals surface area contributed by atoms with E-state index in [9.17, 15) is 0 Å². The van der Waals surface area contributed by atoms with E-state index in [1.807, 2.05) is 18.2 Å². The lowest BCUT2D eigenvalue weighted by Crippen LogP contribution is -1.96. The van der Waals surface area contributed by atoms with Crippen molar-refractivity contribution in [2.45, 2.75) is 13.5 Å². The van der Waals surface area contributed by atoms with Crippen molar-refractivity contribution >= 4 is 21.9 Å². The third-order valence-corrected chi connectivity index (χ3v) is 3.75. The van der Waals surface area contributed by atoms with Crippen LogP contribution in [0, 0.1) is 6.92 Å². The summed E-state index contributed by atoms with van der Waals surface area (Å²) in [5.74, 6) is 1.13. The van der Waals surface area contributed by atoms with Crippen LogP contribution in [0.4, 0.5) is 6.01 Å². The molecule has 2 aromatic carbocycles. The first-order chi connectivity index (χ1) is 10.6. The summed E-state index contributed by atoms with van der Waals surface area (Å²) in [4.78, 5) is 0. The second-order valence-electron chi connectivity index (χ2n) is 4.86. The van der Waals surface area contributed by atoms with E-state index in [4.69, 9.17) is 14.9 Å². The van der Waals surface area contributed by atoms with Gasteiger partial charge in [0.2, 0.25) is 5.89 Å². The summed E-state index contributed by atoms with van der Waals surface area (Å²) >= 11 is 3.49. The maximum Gasteiger partial charge on any atom is 0.313 e. The molecule has 3 aromatic rings. The normalized spacial score (nSPS) is 10.6. The van der Waals surface area contributed by atoms with Crippen molar-refractivity contribution in [1.82, 2.24) is 10.2 Å². The molecule has 5 nitrogen and oxygen atoms in total.